The molecule has 0 atom stereocenters. The van der Waals surface area contributed by atoms with E-state index in [9.17, 15) is 4.79 Å². The molecular formula is C26H32N4O2. The van der Waals surface area contributed by atoms with Crippen molar-refractivity contribution in [1.82, 2.24) is 9.38 Å². The summed E-state index contributed by atoms with van der Waals surface area (Å²) in [6.07, 6.45) is 8.89. The number of imidazole rings is 1. The van der Waals surface area contributed by atoms with E-state index in [1.807, 2.05) is 30.5 Å². The monoisotopic (exact) mass is 432 g/mol. The topological polar surface area (TPSA) is 81.6 Å². The zero-order chi connectivity index (χ0) is 22.7. The Bertz CT molecular complexity index is 1130. The first kappa shape index (κ1) is 21.9. The Balaban J connectivity index is 1.75. The van der Waals surface area contributed by atoms with Crippen molar-refractivity contribution in [2.75, 3.05) is 12.4 Å². The summed E-state index contributed by atoms with van der Waals surface area (Å²) in [5.41, 5.74) is 10.9. The van der Waals surface area contributed by atoms with Crippen LogP contribution in [0.25, 0.3) is 11.2 Å². The summed E-state index contributed by atoms with van der Waals surface area (Å²) in [5, 5.41) is 3.78. The van der Waals surface area contributed by atoms with Crippen molar-refractivity contribution >= 4 is 22.8 Å². The third-order valence-electron chi connectivity index (χ3n) is 6.21. The van der Waals surface area contributed by atoms with Crippen molar-refractivity contribution in [3.8, 4) is 5.75 Å². The number of Topliss-reactive ketones (excluding diaryl/α,β-unsaturated/α-hetero) is 1. The SMILES string of the molecule is COc1ccc(Cc2nc3cc(C(C(C)=O)=C(C)N)ccn3c2NC2CCCCC2)cc1. The first-order valence-electron chi connectivity index (χ1n) is 11.3. The minimum Gasteiger partial charge on any atom is -0.497 e. The molecule has 1 fully saturated rings. The molecule has 3 N–H and O–H groups in total. The quantitative estimate of drug-likeness (QED) is 0.516. The fraction of sp³-hybridized carbons (Fsp3) is 0.385. The smallest absolute Gasteiger partial charge is 0.162 e. The van der Waals surface area contributed by atoms with Crippen molar-refractivity contribution in [3.05, 3.63) is 65.1 Å². The van der Waals surface area contributed by atoms with Gasteiger partial charge < -0.3 is 15.8 Å². The van der Waals surface area contributed by atoms with Crippen LogP contribution in [0, 0.1) is 0 Å². The molecule has 0 bridgehead atoms. The third kappa shape index (κ3) is 4.64. The van der Waals surface area contributed by atoms with Gasteiger partial charge in [-0.15, -0.1) is 0 Å². The second kappa shape index (κ2) is 9.47. The molecule has 1 aromatic carbocycles. The van der Waals surface area contributed by atoms with Gasteiger partial charge in [0.15, 0.2) is 5.78 Å². The van der Waals surface area contributed by atoms with E-state index in [0.717, 1.165) is 28.5 Å². The second-order valence-corrected chi connectivity index (χ2v) is 8.67. The van der Waals surface area contributed by atoms with Gasteiger partial charge in [-0.05, 0) is 62.1 Å². The highest BCUT2D eigenvalue weighted by atomic mass is 16.5. The molecule has 6 nitrogen and oxygen atoms in total. The fourth-order valence-electron chi connectivity index (χ4n) is 4.61. The molecule has 32 heavy (non-hydrogen) atoms. The van der Waals surface area contributed by atoms with E-state index in [4.69, 9.17) is 15.5 Å². The molecule has 1 saturated carbocycles. The lowest BCUT2D eigenvalue weighted by atomic mass is 9.95. The minimum atomic E-state index is -0.0417. The number of ketones is 1. The van der Waals surface area contributed by atoms with Crippen LogP contribution in [-0.4, -0.2) is 28.3 Å². The van der Waals surface area contributed by atoms with E-state index in [0.29, 0.717) is 23.7 Å². The molecule has 0 amide bonds. The third-order valence-corrected chi connectivity index (χ3v) is 6.21. The molecule has 0 aliphatic heterocycles. The van der Waals surface area contributed by atoms with Gasteiger partial charge in [-0.2, -0.15) is 0 Å². The van der Waals surface area contributed by atoms with Crippen molar-refractivity contribution in [3.63, 3.8) is 0 Å². The first-order valence-corrected chi connectivity index (χ1v) is 11.3. The van der Waals surface area contributed by atoms with Crippen LogP contribution in [0.2, 0.25) is 0 Å². The number of nitrogens with one attached hydrogen (secondary N) is 1. The maximum atomic E-state index is 12.2. The Labute approximate surface area is 189 Å². The highest BCUT2D eigenvalue weighted by Crippen LogP contribution is 2.29. The number of ether oxygens (including phenoxy) is 1. The van der Waals surface area contributed by atoms with E-state index in [2.05, 4.69) is 21.9 Å². The molecule has 4 rings (SSSR count). The van der Waals surface area contributed by atoms with Gasteiger partial charge in [0.2, 0.25) is 0 Å². The average molecular weight is 433 g/mol. The van der Waals surface area contributed by atoms with Gasteiger partial charge in [-0.1, -0.05) is 31.4 Å². The number of nitrogens with zero attached hydrogens (tertiary/aromatic N) is 2. The number of fused-ring (bicyclic) bond motifs is 1. The summed E-state index contributed by atoms with van der Waals surface area (Å²) in [5.74, 6) is 1.83. The van der Waals surface area contributed by atoms with E-state index < -0.39 is 0 Å². The normalized spacial score (nSPS) is 15.5. The van der Waals surface area contributed by atoms with Crippen molar-refractivity contribution in [2.24, 2.45) is 5.73 Å². The molecular weight excluding hydrogens is 400 g/mol. The first-order chi connectivity index (χ1) is 15.5. The number of rotatable bonds is 7. The molecule has 168 valence electrons. The molecule has 6 heteroatoms. The van der Waals surface area contributed by atoms with Crippen LogP contribution in [0.15, 0.2) is 48.3 Å². The molecule has 0 unspecified atom stereocenters. The Morgan fingerprint density at radius 2 is 1.88 bits per heavy atom. The largest absolute Gasteiger partial charge is 0.497 e. The van der Waals surface area contributed by atoms with Gasteiger partial charge in [-0.3, -0.25) is 9.20 Å². The number of aromatic nitrogens is 2. The average Bonchev–Trinajstić information content (AvgIpc) is 3.10. The number of anilines is 1. The van der Waals surface area contributed by atoms with E-state index in [1.165, 1.54) is 37.7 Å². The van der Waals surface area contributed by atoms with Gasteiger partial charge in [0.05, 0.1) is 12.8 Å². The minimum absolute atomic E-state index is 0.0417. The van der Waals surface area contributed by atoms with Gasteiger partial charge in [0, 0.05) is 29.9 Å². The predicted molar refractivity (Wildman–Crippen MR) is 129 cm³/mol. The van der Waals surface area contributed by atoms with Gasteiger partial charge >= 0.3 is 0 Å². The number of benzene rings is 1. The van der Waals surface area contributed by atoms with Crippen LogP contribution < -0.4 is 15.8 Å². The van der Waals surface area contributed by atoms with Crippen LogP contribution in [0.4, 0.5) is 5.82 Å². The van der Waals surface area contributed by atoms with Crippen molar-refractivity contribution in [1.29, 1.82) is 0 Å². The molecule has 1 aliphatic rings. The van der Waals surface area contributed by atoms with E-state index in [-0.39, 0.29) is 5.78 Å². The molecule has 2 heterocycles. The Morgan fingerprint density at radius 1 is 1.16 bits per heavy atom. The number of carbonyl (C=O) groups excluding carboxylic acids is 1. The number of carbonyl (C=O) groups is 1. The molecule has 0 saturated heterocycles. The number of hydrogen-bond acceptors (Lipinski definition) is 5. The highest BCUT2D eigenvalue weighted by molar-refractivity contribution is 6.20. The summed E-state index contributed by atoms with van der Waals surface area (Å²) in [6.45, 7) is 3.31. The van der Waals surface area contributed by atoms with Gasteiger partial charge in [0.25, 0.3) is 0 Å². The highest BCUT2D eigenvalue weighted by Gasteiger charge is 2.20. The lowest BCUT2D eigenvalue weighted by Gasteiger charge is -2.24. The molecule has 0 spiro atoms. The zero-order valence-corrected chi connectivity index (χ0v) is 19.1. The van der Waals surface area contributed by atoms with Gasteiger partial charge in [0.1, 0.15) is 17.2 Å². The maximum Gasteiger partial charge on any atom is 0.162 e. The lowest BCUT2D eigenvalue weighted by molar-refractivity contribution is -0.111. The van der Waals surface area contributed by atoms with Crippen LogP contribution in [0.3, 0.4) is 0 Å². The van der Waals surface area contributed by atoms with Crippen LogP contribution >= 0.6 is 0 Å². The number of nitrogens with two attached hydrogens (primary N) is 1. The van der Waals surface area contributed by atoms with Crippen molar-refractivity contribution in [2.45, 2.75) is 58.4 Å². The number of methoxy groups -OCH3 is 1. The predicted octanol–water partition coefficient (Wildman–Crippen LogP) is 4.96. The fourth-order valence-corrected chi connectivity index (χ4v) is 4.61. The molecule has 1 aliphatic carbocycles. The standard InChI is InChI=1S/C26H32N4O2/c1-17(27)25(18(2)31)20-13-14-30-24(16-20)29-23(15-19-9-11-22(32-3)12-10-19)26(30)28-21-7-5-4-6-8-21/h9-14,16,21,28H,4-8,15,27H2,1-3H3. The Morgan fingerprint density at radius 3 is 2.50 bits per heavy atom. The van der Waals surface area contributed by atoms with Crippen molar-refractivity contribution < 1.29 is 9.53 Å². The lowest BCUT2D eigenvalue weighted by Crippen LogP contribution is -2.23. The van der Waals surface area contributed by atoms with E-state index >= 15 is 0 Å². The number of allylic oxidation sites excluding steroid dienone is 2. The summed E-state index contributed by atoms with van der Waals surface area (Å²) in [6, 6.07) is 12.5. The summed E-state index contributed by atoms with van der Waals surface area (Å²) in [4.78, 5) is 17.1. The molecule has 3 aromatic rings. The van der Waals surface area contributed by atoms with Gasteiger partial charge in [-0.25, -0.2) is 4.98 Å². The zero-order valence-electron chi connectivity index (χ0n) is 19.1. The Kier molecular flexibility index (Phi) is 6.49. The maximum absolute atomic E-state index is 12.2. The summed E-state index contributed by atoms with van der Waals surface area (Å²) < 4.78 is 7.39. The Hall–Kier alpha value is -3.28. The molecule has 0 radical (unpaired) electrons. The van der Waals surface area contributed by atoms with Crippen LogP contribution in [0.5, 0.6) is 5.75 Å². The number of pyridine rings is 1. The summed E-state index contributed by atoms with van der Waals surface area (Å²) in [7, 11) is 1.67. The van der Waals surface area contributed by atoms with Crippen LogP contribution in [0.1, 0.15) is 62.8 Å². The molecule has 2 aromatic heterocycles. The second-order valence-electron chi connectivity index (χ2n) is 8.67. The van der Waals surface area contributed by atoms with E-state index in [1.54, 1.807) is 21.0 Å². The summed E-state index contributed by atoms with van der Waals surface area (Å²) >= 11 is 0. The van der Waals surface area contributed by atoms with Crippen LogP contribution in [-0.2, 0) is 11.2 Å². The number of hydrogen-bond donors (Lipinski definition) is 2.